The van der Waals surface area contributed by atoms with Gasteiger partial charge in [0.05, 0.1) is 23.4 Å². The van der Waals surface area contributed by atoms with E-state index in [0.717, 1.165) is 40.3 Å². The number of ketones is 1. The summed E-state index contributed by atoms with van der Waals surface area (Å²) in [6.45, 7) is 6.63. The molecule has 0 saturated carbocycles. The average Bonchev–Trinajstić information content (AvgIpc) is 3.16. The van der Waals surface area contributed by atoms with Gasteiger partial charge in [-0.05, 0) is 29.2 Å². The van der Waals surface area contributed by atoms with Gasteiger partial charge in [-0.15, -0.1) is 11.3 Å². The zero-order valence-electron chi connectivity index (χ0n) is 14.4. The summed E-state index contributed by atoms with van der Waals surface area (Å²) in [5.74, 6) is 1.66. The molecule has 1 aromatic carbocycles. The highest BCUT2D eigenvalue weighted by molar-refractivity contribution is 7.17. The van der Waals surface area contributed by atoms with Gasteiger partial charge in [0.15, 0.2) is 17.4 Å². The van der Waals surface area contributed by atoms with E-state index in [1.54, 1.807) is 11.3 Å². The Labute approximate surface area is 156 Å². The second kappa shape index (κ2) is 7.35. The van der Waals surface area contributed by atoms with Gasteiger partial charge in [-0.2, -0.15) is 0 Å². The summed E-state index contributed by atoms with van der Waals surface area (Å²) in [5.41, 5.74) is 2.81. The molecule has 6 heteroatoms. The third-order valence-electron chi connectivity index (χ3n) is 4.39. The van der Waals surface area contributed by atoms with Crippen molar-refractivity contribution in [2.75, 3.05) is 31.2 Å². The third-order valence-corrected chi connectivity index (χ3v) is 5.29. The molecule has 5 nitrogen and oxygen atoms in total. The van der Waals surface area contributed by atoms with Crippen molar-refractivity contribution in [2.24, 2.45) is 0 Å². The molecule has 0 N–H and O–H groups in total. The number of rotatable bonds is 5. The summed E-state index contributed by atoms with van der Waals surface area (Å²) in [5, 5.41) is 2.05. The molecule has 1 fully saturated rings. The molecular formula is C20H19N3O2S. The molecule has 2 aromatic heterocycles. The zero-order valence-corrected chi connectivity index (χ0v) is 15.2. The van der Waals surface area contributed by atoms with Crippen LogP contribution in [0.25, 0.3) is 21.6 Å². The SMILES string of the molecule is C=CC(=O)Cc1cccc(-c2nc(N3CCOCC3)c3sccc3n2)c1. The van der Waals surface area contributed by atoms with Gasteiger partial charge in [0.1, 0.15) is 0 Å². The first-order valence-corrected chi connectivity index (χ1v) is 9.45. The lowest BCUT2D eigenvalue weighted by atomic mass is 10.1. The fourth-order valence-electron chi connectivity index (χ4n) is 3.06. The van der Waals surface area contributed by atoms with E-state index >= 15 is 0 Å². The Bertz CT molecular complexity index is 961. The molecule has 0 unspecified atom stereocenters. The van der Waals surface area contributed by atoms with Gasteiger partial charge < -0.3 is 9.64 Å². The largest absolute Gasteiger partial charge is 0.378 e. The van der Waals surface area contributed by atoms with E-state index in [1.807, 2.05) is 35.7 Å². The number of allylic oxidation sites excluding steroid dienone is 1. The summed E-state index contributed by atoms with van der Waals surface area (Å²) >= 11 is 1.66. The first-order chi connectivity index (χ1) is 12.7. The Balaban J connectivity index is 1.76. The first-order valence-electron chi connectivity index (χ1n) is 8.57. The molecule has 0 radical (unpaired) electrons. The van der Waals surface area contributed by atoms with Gasteiger partial charge in [-0.25, -0.2) is 9.97 Å². The number of benzene rings is 1. The van der Waals surface area contributed by atoms with E-state index < -0.39 is 0 Å². The van der Waals surface area contributed by atoms with Crippen molar-refractivity contribution in [3.63, 3.8) is 0 Å². The van der Waals surface area contributed by atoms with Crippen molar-refractivity contribution >= 4 is 33.2 Å². The molecule has 4 rings (SSSR count). The third kappa shape index (κ3) is 3.38. The molecule has 1 aliphatic heterocycles. The smallest absolute Gasteiger partial charge is 0.162 e. The number of nitrogens with zero attached hydrogens (tertiary/aromatic N) is 3. The van der Waals surface area contributed by atoms with Gasteiger partial charge in [0.2, 0.25) is 0 Å². The van der Waals surface area contributed by atoms with Crippen molar-refractivity contribution in [1.82, 2.24) is 9.97 Å². The lowest BCUT2D eigenvalue weighted by molar-refractivity contribution is -0.114. The summed E-state index contributed by atoms with van der Waals surface area (Å²) in [4.78, 5) is 23.5. The van der Waals surface area contributed by atoms with Crippen LogP contribution < -0.4 is 4.90 Å². The molecule has 0 spiro atoms. The highest BCUT2D eigenvalue weighted by Gasteiger charge is 2.19. The predicted molar refractivity (Wildman–Crippen MR) is 105 cm³/mol. The quantitative estimate of drug-likeness (QED) is 0.648. The van der Waals surface area contributed by atoms with Crippen molar-refractivity contribution in [1.29, 1.82) is 0 Å². The van der Waals surface area contributed by atoms with E-state index in [-0.39, 0.29) is 5.78 Å². The summed E-state index contributed by atoms with van der Waals surface area (Å²) in [6, 6.07) is 9.88. The fraction of sp³-hybridized carbons (Fsp3) is 0.250. The molecule has 0 bridgehead atoms. The molecule has 3 aromatic rings. The number of hydrogen-bond donors (Lipinski definition) is 0. The van der Waals surface area contributed by atoms with Gasteiger partial charge >= 0.3 is 0 Å². The predicted octanol–water partition coefficient (Wildman–Crippen LogP) is 3.49. The molecule has 1 aliphatic rings. The minimum atomic E-state index is 0.00496. The van der Waals surface area contributed by atoms with Crippen LogP contribution in [0.2, 0.25) is 0 Å². The van der Waals surface area contributed by atoms with Gasteiger partial charge in [-0.3, -0.25) is 4.79 Å². The number of anilines is 1. The van der Waals surface area contributed by atoms with Gasteiger partial charge in [-0.1, -0.05) is 24.8 Å². The van der Waals surface area contributed by atoms with Crippen molar-refractivity contribution in [2.45, 2.75) is 6.42 Å². The monoisotopic (exact) mass is 365 g/mol. The van der Waals surface area contributed by atoms with Gasteiger partial charge in [0, 0.05) is 25.1 Å². The van der Waals surface area contributed by atoms with Crippen LogP contribution in [-0.2, 0) is 16.0 Å². The van der Waals surface area contributed by atoms with Crippen LogP contribution in [-0.4, -0.2) is 42.1 Å². The Kier molecular flexibility index (Phi) is 4.77. The lowest BCUT2D eigenvalue weighted by Crippen LogP contribution is -2.36. The second-order valence-electron chi connectivity index (χ2n) is 6.15. The maximum Gasteiger partial charge on any atom is 0.162 e. The molecule has 132 valence electrons. The molecule has 0 amide bonds. The van der Waals surface area contributed by atoms with Crippen molar-refractivity contribution < 1.29 is 9.53 Å². The fourth-order valence-corrected chi connectivity index (χ4v) is 3.91. The Morgan fingerprint density at radius 1 is 1.27 bits per heavy atom. The summed E-state index contributed by atoms with van der Waals surface area (Å²) in [6.07, 6.45) is 1.70. The number of hydrogen-bond acceptors (Lipinski definition) is 6. The summed E-state index contributed by atoms with van der Waals surface area (Å²) < 4.78 is 6.58. The maximum absolute atomic E-state index is 11.7. The van der Waals surface area contributed by atoms with E-state index in [4.69, 9.17) is 14.7 Å². The molecule has 26 heavy (non-hydrogen) atoms. The van der Waals surface area contributed by atoms with E-state index in [1.165, 1.54) is 6.08 Å². The highest BCUT2D eigenvalue weighted by atomic mass is 32.1. The van der Waals surface area contributed by atoms with Gasteiger partial charge in [0.25, 0.3) is 0 Å². The minimum Gasteiger partial charge on any atom is -0.378 e. The Morgan fingerprint density at radius 3 is 2.92 bits per heavy atom. The van der Waals surface area contributed by atoms with E-state index in [2.05, 4.69) is 11.5 Å². The van der Waals surface area contributed by atoms with Crippen LogP contribution >= 0.6 is 11.3 Å². The standard InChI is InChI=1S/C20H19N3O2S/c1-2-16(24)13-14-4-3-5-15(12-14)19-21-17-6-11-26-18(17)20(22-19)23-7-9-25-10-8-23/h2-6,11-12H,1,7-10,13H2. The summed E-state index contributed by atoms with van der Waals surface area (Å²) in [7, 11) is 0. The molecule has 0 atom stereocenters. The molecule has 0 aliphatic carbocycles. The van der Waals surface area contributed by atoms with Crippen molar-refractivity contribution in [3.05, 3.63) is 53.9 Å². The molecule has 3 heterocycles. The van der Waals surface area contributed by atoms with Crippen LogP contribution in [0.15, 0.2) is 48.4 Å². The van der Waals surface area contributed by atoms with Crippen LogP contribution in [0.1, 0.15) is 5.56 Å². The van der Waals surface area contributed by atoms with E-state index in [0.29, 0.717) is 25.5 Å². The Hall–Kier alpha value is -2.57. The Morgan fingerprint density at radius 2 is 2.12 bits per heavy atom. The highest BCUT2D eigenvalue weighted by Crippen LogP contribution is 2.32. The number of fused-ring (bicyclic) bond motifs is 1. The normalized spacial score (nSPS) is 14.5. The van der Waals surface area contributed by atoms with Crippen LogP contribution in [0, 0.1) is 0 Å². The zero-order chi connectivity index (χ0) is 17.9. The number of carbonyl (C=O) groups is 1. The van der Waals surface area contributed by atoms with Crippen molar-refractivity contribution in [3.8, 4) is 11.4 Å². The number of aromatic nitrogens is 2. The molecular weight excluding hydrogens is 346 g/mol. The number of ether oxygens (including phenoxy) is 1. The first kappa shape index (κ1) is 16.9. The second-order valence-corrected chi connectivity index (χ2v) is 7.07. The number of carbonyl (C=O) groups excluding carboxylic acids is 1. The lowest BCUT2D eigenvalue weighted by Gasteiger charge is -2.28. The number of thiophene rings is 1. The van der Waals surface area contributed by atoms with Crippen LogP contribution in [0.3, 0.4) is 0 Å². The number of morpholine rings is 1. The maximum atomic E-state index is 11.7. The van der Waals surface area contributed by atoms with Crippen LogP contribution in [0.5, 0.6) is 0 Å². The topological polar surface area (TPSA) is 55.3 Å². The minimum absolute atomic E-state index is 0.00496. The van der Waals surface area contributed by atoms with Crippen LogP contribution in [0.4, 0.5) is 5.82 Å². The molecule has 1 saturated heterocycles. The average molecular weight is 365 g/mol. The van der Waals surface area contributed by atoms with E-state index in [9.17, 15) is 4.79 Å².